The number of hydrogen-bond donors (Lipinski definition) is 1. The summed E-state index contributed by atoms with van der Waals surface area (Å²) < 4.78 is 25.3. The molecule has 31 heavy (non-hydrogen) atoms. The van der Waals surface area contributed by atoms with E-state index in [1.807, 2.05) is 0 Å². The number of esters is 1. The fourth-order valence-electron chi connectivity index (χ4n) is 2.59. The highest BCUT2D eigenvalue weighted by Gasteiger charge is 2.20. The van der Waals surface area contributed by atoms with Crippen molar-refractivity contribution >= 4 is 33.5 Å². The molecule has 160 valence electrons. The van der Waals surface area contributed by atoms with Crippen molar-refractivity contribution < 1.29 is 23.5 Å². The van der Waals surface area contributed by atoms with Crippen molar-refractivity contribution in [1.29, 1.82) is 0 Å². The first-order valence-electron chi connectivity index (χ1n) is 9.13. The van der Waals surface area contributed by atoms with Gasteiger partial charge in [-0.3, -0.25) is 9.59 Å². The minimum Gasteiger partial charge on any atom is -0.481 e. The molecule has 0 saturated heterocycles. The summed E-state index contributed by atoms with van der Waals surface area (Å²) in [6.07, 6.45) is 0. The van der Waals surface area contributed by atoms with E-state index in [1.165, 1.54) is 18.2 Å². The average molecular weight is 490 g/mol. The van der Waals surface area contributed by atoms with Crippen LogP contribution in [0.3, 0.4) is 0 Å². The van der Waals surface area contributed by atoms with Gasteiger partial charge in [0.1, 0.15) is 5.82 Å². The maximum atomic E-state index is 13.2. The van der Waals surface area contributed by atoms with Gasteiger partial charge in [0.25, 0.3) is 11.5 Å². The Labute approximate surface area is 184 Å². The molecule has 0 atom stereocenters. The normalized spacial score (nSPS) is 10.4. The Hall–Kier alpha value is -3.53. The van der Waals surface area contributed by atoms with Gasteiger partial charge in [0, 0.05) is 10.2 Å². The number of rotatable bonds is 7. The Bertz CT molecular complexity index is 1180. The maximum absolute atomic E-state index is 13.2. The van der Waals surface area contributed by atoms with Gasteiger partial charge >= 0.3 is 5.97 Å². The van der Waals surface area contributed by atoms with Gasteiger partial charge in [0.15, 0.2) is 12.4 Å². The highest BCUT2D eigenvalue weighted by molar-refractivity contribution is 9.10. The lowest BCUT2D eigenvalue weighted by atomic mass is 10.3. The molecular formula is C21H17BrFN3O5. The largest absolute Gasteiger partial charge is 0.481 e. The lowest BCUT2D eigenvalue weighted by molar-refractivity contribution is -0.118. The van der Waals surface area contributed by atoms with E-state index in [1.54, 1.807) is 31.2 Å². The average Bonchev–Trinajstić information content (AvgIpc) is 2.72. The summed E-state index contributed by atoms with van der Waals surface area (Å²) in [4.78, 5) is 37.1. The monoisotopic (exact) mass is 489 g/mol. The fraction of sp³-hybridized carbons (Fsp3) is 0.143. The molecule has 10 heteroatoms. The second-order valence-electron chi connectivity index (χ2n) is 6.15. The van der Waals surface area contributed by atoms with E-state index in [0.29, 0.717) is 10.2 Å². The first-order chi connectivity index (χ1) is 14.9. The van der Waals surface area contributed by atoms with Crippen LogP contribution in [0.5, 0.6) is 5.75 Å². The zero-order valence-electron chi connectivity index (χ0n) is 16.3. The summed E-state index contributed by atoms with van der Waals surface area (Å²) in [6, 6.07) is 13.1. The first kappa shape index (κ1) is 22.2. The molecule has 3 aromatic rings. The molecule has 0 aliphatic rings. The maximum Gasteiger partial charge on any atom is 0.362 e. The number of anilines is 1. The van der Waals surface area contributed by atoms with Crippen molar-refractivity contribution in [2.75, 3.05) is 18.5 Å². The zero-order valence-corrected chi connectivity index (χ0v) is 17.9. The minimum atomic E-state index is -0.813. The SMILES string of the molecule is CCOC(=O)c1nn(-c2cccc(Br)c2)c(=O)cc1OCC(=O)Nc1cccc(F)c1. The van der Waals surface area contributed by atoms with Crippen molar-refractivity contribution in [1.82, 2.24) is 9.78 Å². The zero-order chi connectivity index (χ0) is 22.4. The van der Waals surface area contributed by atoms with E-state index >= 15 is 0 Å². The number of nitrogens with zero attached hydrogens (tertiary/aromatic N) is 2. The van der Waals surface area contributed by atoms with Crippen LogP contribution < -0.4 is 15.6 Å². The van der Waals surface area contributed by atoms with Crippen LogP contribution in [-0.4, -0.2) is 34.9 Å². The van der Waals surface area contributed by atoms with Crippen molar-refractivity contribution in [3.8, 4) is 11.4 Å². The standard InChI is InChI=1S/C21H17BrFN3O5/c1-2-30-21(29)20-17(31-12-18(27)24-15-7-4-6-14(23)10-15)11-19(28)26(25-20)16-8-3-5-13(22)9-16/h3-11H,2,12H2,1H3,(H,24,27). The quantitative estimate of drug-likeness (QED) is 0.511. The summed E-state index contributed by atoms with van der Waals surface area (Å²) in [5.41, 5.74) is -0.186. The van der Waals surface area contributed by atoms with E-state index in [4.69, 9.17) is 9.47 Å². The number of carbonyl (C=O) groups excluding carboxylic acids is 2. The molecule has 0 radical (unpaired) electrons. The van der Waals surface area contributed by atoms with Crippen LogP contribution in [0.1, 0.15) is 17.4 Å². The number of carbonyl (C=O) groups is 2. The van der Waals surface area contributed by atoms with Crippen LogP contribution >= 0.6 is 15.9 Å². The molecule has 3 rings (SSSR count). The molecule has 8 nitrogen and oxygen atoms in total. The Morgan fingerprint density at radius 1 is 1.16 bits per heavy atom. The molecule has 0 aliphatic carbocycles. The number of ether oxygens (including phenoxy) is 2. The second kappa shape index (κ2) is 9.98. The lowest BCUT2D eigenvalue weighted by Crippen LogP contribution is -2.27. The van der Waals surface area contributed by atoms with Crippen molar-refractivity contribution in [2.24, 2.45) is 0 Å². The van der Waals surface area contributed by atoms with E-state index in [0.717, 1.165) is 16.8 Å². The third-order valence-electron chi connectivity index (χ3n) is 3.89. The lowest BCUT2D eigenvalue weighted by Gasteiger charge is -2.13. The smallest absolute Gasteiger partial charge is 0.362 e. The van der Waals surface area contributed by atoms with Gasteiger partial charge < -0.3 is 14.8 Å². The summed E-state index contributed by atoms with van der Waals surface area (Å²) in [6.45, 7) is 1.16. The number of benzene rings is 2. The number of halogens is 2. The Kier molecular flexibility index (Phi) is 7.14. The van der Waals surface area contributed by atoms with Gasteiger partial charge in [-0.15, -0.1) is 0 Å². The van der Waals surface area contributed by atoms with E-state index in [9.17, 15) is 18.8 Å². The van der Waals surface area contributed by atoms with Crippen LogP contribution in [0.4, 0.5) is 10.1 Å². The van der Waals surface area contributed by atoms with E-state index in [2.05, 4.69) is 26.3 Å². The topological polar surface area (TPSA) is 99.5 Å². The van der Waals surface area contributed by atoms with Crippen molar-refractivity contribution in [3.63, 3.8) is 0 Å². The summed E-state index contributed by atoms with van der Waals surface area (Å²) in [5, 5.41) is 6.53. The molecule has 0 unspecified atom stereocenters. The van der Waals surface area contributed by atoms with E-state index < -0.39 is 29.9 Å². The molecule has 1 aromatic heterocycles. The number of amides is 1. The molecule has 0 aliphatic heterocycles. The first-order valence-corrected chi connectivity index (χ1v) is 9.92. The molecule has 2 aromatic carbocycles. The van der Waals surface area contributed by atoms with Gasteiger partial charge in [-0.2, -0.15) is 9.78 Å². The second-order valence-corrected chi connectivity index (χ2v) is 7.07. The van der Waals surface area contributed by atoms with Gasteiger partial charge in [0.2, 0.25) is 5.69 Å². The van der Waals surface area contributed by atoms with E-state index in [-0.39, 0.29) is 23.7 Å². The molecule has 0 saturated carbocycles. The third-order valence-corrected chi connectivity index (χ3v) is 4.38. The highest BCUT2D eigenvalue weighted by Crippen LogP contribution is 2.18. The molecular weight excluding hydrogens is 473 g/mol. The Morgan fingerprint density at radius 3 is 2.65 bits per heavy atom. The van der Waals surface area contributed by atoms with Crippen LogP contribution in [-0.2, 0) is 9.53 Å². The minimum absolute atomic E-state index is 0.0794. The van der Waals surface area contributed by atoms with Gasteiger partial charge in [0.05, 0.1) is 18.4 Å². The van der Waals surface area contributed by atoms with Crippen LogP contribution in [0.25, 0.3) is 5.69 Å². The predicted octanol–water partition coefficient (Wildman–Crippen LogP) is 3.33. The van der Waals surface area contributed by atoms with Gasteiger partial charge in [-0.1, -0.05) is 28.1 Å². The third kappa shape index (κ3) is 5.76. The van der Waals surface area contributed by atoms with Crippen LogP contribution in [0.2, 0.25) is 0 Å². The summed E-state index contributed by atoms with van der Waals surface area (Å²) in [5.74, 6) is -2.14. The summed E-state index contributed by atoms with van der Waals surface area (Å²) in [7, 11) is 0. The predicted molar refractivity (Wildman–Crippen MR) is 114 cm³/mol. The Balaban J connectivity index is 1.86. The molecule has 1 heterocycles. The number of aromatic nitrogens is 2. The summed E-state index contributed by atoms with van der Waals surface area (Å²) >= 11 is 3.32. The van der Waals surface area contributed by atoms with Gasteiger partial charge in [-0.05, 0) is 43.3 Å². The van der Waals surface area contributed by atoms with Gasteiger partial charge in [-0.25, -0.2) is 9.18 Å². The molecule has 0 bridgehead atoms. The van der Waals surface area contributed by atoms with Crippen LogP contribution in [0, 0.1) is 5.82 Å². The van der Waals surface area contributed by atoms with Crippen molar-refractivity contribution in [2.45, 2.75) is 6.92 Å². The number of hydrogen-bond acceptors (Lipinski definition) is 6. The molecule has 0 fully saturated rings. The highest BCUT2D eigenvalue weighted by atomic mass is 79.9. The van der Waals surface area contributed by atoms with Crippen molar-refractivity contribution in [3.05, 3.63) is 80.9 Å². The Morgan fingerprint density at radius 2 is 1.94 bits per heavy atom. The van der Waals surface area contributed by atoms with Crippen LogP contribution in [0.15, 0.2) is 63.9 Å². The fourth-order valence-corrected chi connectivity index (χ4v) is 2.98. The number of nitrogens with one attached hydrogen (secondary N) is 1. The molecule has 1 amide bonds. The molecule has 1 N–H and O–H groups in total. The molecule has 0 spiro atoms.